The zero-order valence-electron chi connectivity index (χ0n) is 7.95. The number of nitrogens with one attached hydrogen (secondary N) is 2. The van der Waals surface area contributed by atoms with E-state index < -0.39 is 0 Å². The Bertz CT molecular complexity index is 244. The van der Waals surface area contributed by atoms with Crippen LogP contribution in [0.4, 0.5) is 0 Å². The van der Waals surface area contributed by atoms with E-state index in [9.17, 15) is 0 Å². The van der Waals surface area contributed by atoms with Crippen LogP contribution in [0.3, 0.4) is 0 Å². The molecule has 0 saturated carbocycles. The number of likely N-dealkylation sites (tertiary alicyclic amines) is 1. The lowest BCUT2D eigenvalue weighted by atomic mass is 10.3. The number of hydrogen-bond donors (Lipinski definition) is 2. The van der Waals surface area contributed by atoms with Gasteiger partial charge in [0, 0.05) is 37.4 Å². The number of aromatic amines is 1. The summed E-state index contributed by atoms with van der Waals surface area (Å²) in [4.78, 5) is 2.45. The van der Waals surface area contributed by atoms with Gasteiger partial charge in [0.25, 0.3) is 0 Å². The molecule has 1 unspecified atom stereocenters. The molecule has 13 heavy (non-hydrogen) atoms. The van der Waals surface area contributed by atoms with E-state index in [0.717, 1.165) is 13.1 Å². The molecule has 0 amide bonds. The molecule has 0 radical (unpaired) electrons. The fourth-order valence-electron chi connectivity index (χ4n) is 1.83. The third-order valence-electron chi connectivity index (χ3n) is 2.64. The fourth-order valence-corrected chi connectivity index (χ4v) is 1.83. The SMILES string of the molecule is CNC1CCN(Cc2cn[nH]c2)C1. The highest BCUT2D eigenvalue weighted by atomic mass is 15.2. The summed E-state index contributed by atoms with van der Waals surface area (Å²) < 4.78 is 0. The van der Waals surface area contributed by atoms with Crippen LogP contribution in [0, 0.1) is 0 Å². The monoisotopic (exact) mass is 180 g/mol. The molecule has 4 heteroatoms. The molecule has 0 spiro atoms. The Hall–Kier alpha value is -0.870. The van der Waals surface area contributed by atoms with Gasteiger partial charge < -0.3 is 5.32 Å². The van der Waals surface area contributed by atoms with Crippen LogP contribution in [0.25, 0.3) is 0 Å². The molecule has 1 aromatic rings. The second-order valence-electron chi connectivity index (χ2n) is 3.62. The highest BCUT2D eigenvalue weighted by molar-refractivity contribution is 5.02. The first kappa shape index (κ1) is 8.72. The number of hydrogen-bond acceptors (Lipinski definition) is 3. The van der Waals surface area contributed by atoms with Crippen molar-refractivity contribution in [3.05, 3.63) is 18.0 Å². The first-order valence-corrected chi connectivity index (χ1v) is 4.76. The van der Waals surface area contributed by atoms with Crippen molar-refractivity contribution in [1.82, 2.24) is 20.4 Å². The summed E-state index contributed by atoms with van der Waals surface area (Å²) in [5.74, 6) is 0. The van der Waals surface area contributed by atoms with E-state index >= 15 is 0 Å². The molecule has 1 aliphatic heterocycles. The summed E-state index contributed by atoms with van der Waals surface area (Å²) in [6.45, 7) is 3.37. The van der Waals surface area contributed by atoms with Crippen LogP contribution in [-0.2, 0) is 6.54 Å². The molecule has 4 nitrogen and oxygen atoms in total. The molecule has 1 atom stereocenters. The maximum Gasteiger partial charge on any atom is 0.0532 e. The molecular formula is C9H16N4. The normalized spacial score (nSPS) is 23.9. The predicted octanol–water partition coefficient (Wildman–Crippen LogP) is 0.203. The third-order valence-corrected chi connectivity index (χ3v) is 2.64. The molecule has 2 rings (SSSR count). The van der Waals surface area contributed by atoms with Crippen molar-refractivity contribution in [2.24, 2.45) is 0 Å². The average molecular weight is 180 g/mol. The van der Waals surface area contributed by atoms with Crippen LogP contribution in [0.1, 0.15) is 12.0 Å². The summed E-state index contributed by atoms with van der Waals surface area (Å²) in [5.41, 5.74) is 1.27. The van der Waals surface area contributed by atoms with Gasteiger partial charge in [0.2, 0.25) is 0 Å². The molecule has 2 heterocycles. The second-order valence-corrected chi connectivity index (χ2v) is 3.62. The molecular weight excluding hydrogens is 164 g/mol. The third kappa shape index (κ3) is 2.08. The van der Waals surface area contributed by atoms with E-state index in [1.807, 2.05) is 19.4 Å². The van der Waals surface area contributed by atoms with Crippen molar-refractivity contribution in [3.8, 4) is 0 Å². The van der Waals surface area contributed by atoms with Crippen LogP contribution in [-0.4, -0.2) is 41.3 Å². The number of rotatable bonds is 3. The van der Waals surface area contributed by atoms with Gasteiger partial charge in [-0.15, -0.1) is 0 Å². The van der Waals surface area contributed by atoms with Crippen molar-refractivity contribution in [1.29, 1.82) is 0 Å². The van der Waals surface area contributed by atoms with Gasteiger partial charge in [0.15, 0.2) is 0 Å². The quantitative estimate of drug-likeness (QED) is 0.698. The van der Waals surface area contributed by atoms with Gasteiger partial charge in [-0.3, -0.25) is 10.00 Å². The van der Waals surface area contributed by atoms with E-state index in [1.165, 1.54) is 18.5 Å². The zero-order valence-corrected chi connectivity index (χ0v) is 7.95. The number of H-pyrrole nitrogens is 1. The van der Waals surface area contributed by atoms with E-state index in [0.29, 0.717) is 6.04 Å². The van der Waals surface area contributed by atoms with E-state index in [-0.39, 0.29) is 0 Å². The summed E-state index contributed by atoms with van der Waals surface area (Å²) in [6.07, 6.45) is 5.12. The lowest BCUT2D eigenvalue weighted by Gasteiger charge is -2.14. The fraction of sp³-hybridized carbons (Fsp3) is 0.667. The number of aromatic nitrogens is 2. The summed E-state index contributed by atoms with van der Waals surface area (Å²) in [7, 11) is 2.03. The first-order chi connectivity index (χ1) is 6.38. The van der Waals surface area contributed by atoms with E-state index in [1.54, 1.807) is 0 Å². The molecule has 0 aliphatic carbocycles. The van der Waals surface area contributed by atoms with Gasteiger partial charge in [-0.1, -0.05) is 0 Å². The summed E-state index contributed by atoms with van der Waals surface area (Å²) >= 11 is 0. The minimum Gasteiger partial charge on any atom is -0.316 e. The Labute approximate surface area is 78.3 Å². The maximum atomic E-state index is 3.94. The topological polar surface area (TPSA) is 44.0 Å². The number of likely N-dealkylation sites (N-methyl/N-ethyl adjacent to an activating group) is 1. The highest BCUT2D eigenvalue weighted by Crippen LogP contribution is 2.11. The van der Waals surface area contributed by atoms with Gasteiger partial charge >= 0.3 is 0 Å². The Morgan fingerprint density at radius 1 is 1.77 bits per heavy atom. The standard InChI is InChI=1S/C9H16N4/c1-10-9-2-3-13(7-9)6-8-4-11-12-5-8/h4-5,9-10H,2-3,6-7H2,1H3,(H,11,12). The lowest BCUT2D eigenvalue weighted by molar-refractivity contribution is 0.322. The molecule has 1 fully saturated rings. The molecule has 1 aromatic heterocycles. The highest BCUT2D eigenvalue weighted by Gasteiger charge is 2.20. The molecule has 0 aromatic carbocycles. The van der Waals surface area contributed by atoms with E-state index in [2.05, 4.69) is 20.4 Å². The Morgan fingerprint density at radius 2 is 2.69 bits per heavy atom. The Balaban J connectivity index is 1.84. The van der Waals surface area contributed by atoms with Crippen LogP contribution >= 0.6 is 0 Å². The van der Waals surface area contributed by atoms with Gasteiger partial charge in [-0.2, -0.15) is 5.10 Å². The molecule has 1 saturated heterocycles. The minimum absolute atomic E-state index is 0.673. The van der Waals surface area contributed by atoms with Gasteiger partial charge in [0.05, 0.1) is 6.20 Å². The van der Waals surface area contributed by atoms with Crippen LogP contribution < -0.4 is 5.32 Å². The second kappa shape index (κ2) is 3.89. The smallest absolute Gasteiger partial charge is 0.0532 e. The molecule has 72 valence electrons. The van der Waals surface area contributed by atoms with Gasteiger partial charge in [-0.05, 0) is 13.5 Å². The van der Waals surface area contributed by atoms with Crippen molar-refractivity contribution in [2.45, 2.75) is 19.0 Å². The largest absolute Gasteiger partial charge is 0.316 e. The van der Waals surface area contributed by atoms with Crippen molar-refractivity contribution in [3.63, 3.8) is 0 Å². The Kier molecular flexibility index (Phi) is 2.61. The summed E-state index contributed by atoms with van der Waals surface area (Å²) in [5, 5.41) is 10.1. The van der Waals surface area contributed by atoms with Crippen LogP contribution in [0.2, 0.25) is 0 Å². The minimum atomic E-state index is 0.673. The van der Waals surface area contributed by atoms with Crippen molar-refractivity contribution >= 4 is 0 Å². The van der Waals surface area contributed by atoms with Crippen molar-refractivity contribution in [2.75, 3.05) is 20.1 Å². The lowest BCUT2D eigenvalue weighted by Crippen LogP contribution is -2.29. The Morgan fingerprint density at radius 3 is 3.31 bits per heavy atom. The molecule has 1 aliphatic rings. The van der Waals surface area contributed by atoms with Gasteiger partial charge in [-0.25, -0.2) is 0 Å². The molecule has 2 N–H and O–H groups in total. The first-order valence-electron chi connectivity index (χ1n) is 4.76. The predicted molar refractivity (Wildman–Crippen MR) is 51.3 cm³/mol. The number of nitrogens with zero attached hydrogens (tertiary/aromatic N) is 2. The molecule has 0 bridgehead atoms. The maximum absolute atomic E-state index is 3.94. The summed E-state index contributed by atoms with van der Waals surface area (Å²) in [6, 6.07) is 0.673. The van der Waals surface area contributed by atoms with Crippen LogP contribution in [0.5, 0.6) is 0 Å². The van der Waals surface area contributed by atoms with Crippen LogP contribution in [0.15, 0.2) is 12.4 Å². The van der Waals surface area contributed by atoms with E-state index in [4.69, 9.17) is 0 Å². The zero-order chi connectivity index (χ0) is 9.10. The van der Waals surface area contributed by atoms with Gasteiger partial charge in [0.1, 0.15) is 0 Å². The van der Waals surface area contributed by atoms with Crippen molar-refractivity contribution < 1.29 is 0 Å². The average Bonchev–Trinajstić information content (AvgIpc) is 2.76.